The van der Waals surface area contributed by atoms with Crippen LogP contribution in [-0.2, 0) is 20.5 Å². The van der Waals surface area contributed by atoms with Gasteiger partial charge in [-0.2, -0.15) is 13.2 Å². The van der Waals surface area contributed by atoms with Gasteiger partial charge in [-0.15, -0.1) is 0 Å². The zero-order chi connectivity index (χ0) is 34.1. The minimum Gasteiger partial charge on any atom is -0.497 e. The van der Waals surface area contributed by atoms with Crippen LogP contribution in [0.3, 0.4) is 0 Å². The second-order valence-electron chi connectivity index (χ2n) is 14.1. The van der Waals surface area contributed by atoms with Gasteiger partial charge in [0, 0.05) is 56.4 Å². The van der Waals surface area contributed by atoms with Crippen LogP contribution in [0.5, 0.6) is 5.75 Å². The number of carbonyl (C=O) groups is 2. The summed E-state index contributed by atoms with van der Waals surface area (Å²) in [6, 6.07) is 11.1. The van der Waals surface area contributed by atoms with Crippen molar-refractivity contribution in [2.45, 2.75) is 82.6 Å². The van der Waals surface area contributed by atoms with E-state index in [0.717, 1.165) is 17.2 Å². The first-order valence-corrected chi connectivity index (χ1v) is 16.7. The number of hydrogen-bond donors (Lipinski definition) is 0. The summed E-state index contributed by atoms with van der Waals surface area (Å²) in [6.07, 6.45) is -2.47. The quantitative estimate of drug-likeness (QED) is 0.240. The predicted octanol–water partition coefficient (Wildman–Crippen LogP) is 6.81. The molecule has 0 aromatic heterocycles. The summed E-state index contributed by atoms with van der Waals surface area (Å²) in [5.74, 6) is -1.16. The summed E-state index contributed by atoms with van der Waals surface area (Å²) < 4.78 is 69.1. The zero-order valence-corrected chi connectivity index (χ0v) is 28.0. The molecule has 3 saturated heterocycles. The molecule has 0 radical (unpaired) electrons. The molecule has 11 heteroatoms. The number of alkyl halides is 4. The topological polar surface area (TPSA) is 62.3 Å². The number of benzene rings is 2. The van der Waals surface area contributed by atoms with Gasteiger partial charge in [0.2, 0.25) is 5.67 Å². The van der Waals surface area contributed by atoms with Crippen LogP contribution in [0, 0.1) is 5.92 Å². The third kappa shape index (κ3) is 7.39. The van der Waals surface area contributed by atoms with Crippen LogP contribution in [0.2, 0.25) is 0 Å². The van der Waals surface area contributed by atoms with Gasteiger partial charge in [-0.1, -0.05) is 18.2 Å². The first kappa shape index (κ1) is 35.0. The van der Waals surface area contributed by atoms with E-state index in [1.165, 1.54) is 6.07 Å². The number of carbonyl (C=O) groups excluding carboxylic acids is 2. The van der Waals surface area contributed by atoms with E-state index in [2.05, 4.69) is 0 Å². The summed E-state index contributed by atoms with van der Waals surface area (Å²) in [6.45, 7) is 9.97. The fourth-order valence-corrected chi connectivity index (χ4v) is 7.36. The fraction of sp³-hybridized carbons (Fsp3) is 0.611. The van der Waals surface area contributed by atoms with Crippen LogP contribution >= 0.6 is 0 Å². The van der Waals surface area contributed by atoms with Gasteiger partial charge in [-0.3, -0.25) is 14.5 Å². The number of esters is 1. The number of rotatable bonds is 7. The molecule has 3 aliphatic heterocycles. The van der Waals surface area contributed by atoms with Gasteiger partial charge in [0.25, 0.3) is 5.91 Å². The smallest absolute Gasteiger partial charge is 0.416 e. The lowest BCUT2D eigenvalue weighted by atomic mass is 9.83. The molecule has 0 spiro atoms. The van der Waals surface area contributed by atoms with Crippen molar-refractivity contribution < 1.29 is 36.6 Å². The lowest BCUT2D eigenvalue weighted by Gasteiger charge is -2.39. The van der Waals surface area contributed by atoms with E-state index in [-0.39, 0.29) is 29.9 Å². The first-order chi connectivity index (χ1) is 22.2. The lowest BCUT2D eigenvalue weighted by molar-refractivity contribution is -0.148. The van der Waals surface area contributed by atoms with E-state index in [1.54, 1.807) is 37.1 Å². The Morgan fingerprint density at radius 3 is 2.13 bits per heavy atom. The highest BCUT2D eigenvalue weighted by atomic mass is 19.4. The van der Waals surface area contributed by atoms with Crippen molar-refractivity contribution in [3.05, 3.63) is 59.2 Å². The number of likely N-dealkylation sites (tertiary alicyclic amines) is 2. The molecule has 3 fully saturated rings. The average Bonchev–Trinajstić information content (AvgIpc) is 3.43. The molecule has 7 nitrogen and oxygen atoms in total. The number of anilines is 1. The summed E-state index contributed by atoms with van der Waals surface area (Å²) >= 11 is 0. The average molecular weight is 662 g/mol. The molecular weight excluding hydrogens is 614 g/mol. The maximum Gasteiger partial charge on any atom is 0.416 e. The number of ether oxygens (including phenoxy) is 2. The van der Waals surface area contributed by atoms with Crippen molar-refractivity contribution in [2.24, 2.45) is 5.92 Å². The molecule has 0 N–H and O–H groups in total. The van der Waals surface area contributed by atoms with Gasteiger partial charge < -0.3 is 19.3 Å². The fourth-order valence-electron chi connectivity index (χ4n) is 7.36. The molecular formula is C36H47F4N3O4. The van der Waals surface area contributed by atoms with Crippen molar-refractivity contribution in [3.63, 3.8) is 0 Å². The summed E-state index contributed by atoms with van der Waals surface area (Å²) in [7, 11) is 1.57. The highest BCUT2D eigenvalue weighted by Crippen LogP contribution is 2.45. The number of methoxy groups -OCH3 is 1. The molecule has 0 unspecified atom stereocenters. The number of hydrogen-bond acceptors (Lipinski definition) is 6. The molecule has 1 amide bonds. The van der Waals surface area contributed by atoms with Crippen molar-refractivity contribution in [1.29, 1.82) is 0 Å². The zero-order valence-electron chi connectivity index (χ0n) is 28.0. The van der Waals surface area contributed by atoms with E-state index in [9.17, 15) is 22.8 Å². The molecule has 2 aromatic rings. The SMILES string of the molecule is CCOC(=O)C1CCN(c2cc(C(F)(F)F)ccc2C2CCN(C(=O)[C@]3(F)CN(C(C)(C)C)C[C@H]3c3ccc(OC)cc3)CC2)CC1. The Hall–Kier alpha value is -3.34. The van der Waals surface area contributed by atoms with Gasteiger partial charge in [0.15, 0.2) is 0 Å². The summed E-state index contributed by atoms with van der Waals surface area (Å²) in [5.41, 5.74) is -1.13. The minimum atomic E-state index is -4.50. The number of nitrogens with zero attached hydrogens (tertiary/aromatic N) is 3. The van der Waals surface area contributed by atoms with E-state index in [4.69, 9.17) is 9.47 Å². The van der Waals surface area contributed by atoms with Crippen molar-refractivity contribution in [3.8, 4) is 5.75 Å². The number of amides is 1. The molecule has 2 atom stereocenters. The lowest BCUT2D eigenvalue weighted by Crippen LogP contribution is -2.53. The standard InChI is InChI=1S/C36H47F4N3O4/c1-6-47-32(44)26-15-17-41(18-16-26)31-21-27(36(38,39)40)9-12-29(31)24-13-19-42(20-14-24)33(45)35(37)23-43(34(2,3)4)22-30(35)25-7-10-28(46-5)11-8-25/h7-12,21,24,26,30H,6,13-20,22-23H2,1-5H3/t30-,35-/m0/s1. The van der Waals surface area contributed by atoms with Crippen molar-refractivity contribution >= 4 is 17.6 Å². The van der Waals surface area contributed by atoms with Crippen LogP contribution < -0.4 is 9.64 Å². The van der Waals surface area contributed by atoms with Gasteiger partial charge in [0.1, 0.15) is 5.75 Å². The Morgan fingerprint density at radius 2 is 1.57 bits per heavy atom. The minimum absolute atomic E-state index is 0.0171. The molecule has 5 rings (SSSR count). The van der Waals surface area contributed by atoms with Crippen LogP contribution in [0.4, 0.5) is 23.2 Å². The number of halogens is 4. The number of piperidine rings is 2. The van der Waals surface area contributed by atoms with Crippen LogP contribution in [0.25, 0.3) is 0 Å². The maximum absolute atomic E-state index is 17.2. The second-order valence-corrected chi connectivity index (χ2v) is 14.1. The summed E-state index contributed by atoms with van der Waals surface area (Å²) in [5, 5.41) is 0. The molecule has 3 aliphatic rings. The molecule has 0 aliphatic carbocycles. The van der Waals surface area contributed by atoms with Crippen LogP contribution in [-0.4, -0.2) is 85.9 Å². The maximum atomic E-state index is 17.2. The van der Waals surface area contributed by atoms with Crippen molar-refractivity contribution in [2.75, 3.05) is 57.9 Å². The normalized spacial score (nSPS) is 23.6. The highest BCUT2D eigenvalue weighted by Gasteiger charge is 2.57. The third-order valence-corrected chi connectivity index (χ3v) is 10.2. The molecule has 3 heterocycles. The van der Waals surface area contributed by atoms with Gasteiger partial charge in [-0.25, -0.2) is 4.39 Å². The van der Waals surface area contributed by atoms with E-state index < -0.39 is 29.2 Å². The molecule has 0 bridgehead atoms. The van der Waals surface area contributed by atoms with Gasteiger partial charge in [-0.05, 0) is 94.7 Å². The Bertz CT molecular complexity index is 1410. The molecule has 0 saturated carbocycles. The van der Waals surface area contributed by atoms with E-state index in [1.807, 2.05) is 42.7 Å². The van der Waals surface area contributed by atoms with Crippen molar-refractivity contribution in [1.82, 2.24) is 9.80 Å². The third-order valence-electron chi connectivity index (χ3n) is 10.2. The Labute approximate surface area is 275 Å². The van der Waals surface area contributed by atoms with E-state index >= 15 is 4.39 Å². The van der Waals surface area contributed by atoms with Crippen LogP contribution in [0.15, 0.2) is 42.5 Å². The molecule has 47 heavy (non-hydrogen) atoms. The monoisotopic (exact) mass is 661 g/mol. The Balaban J connectivity index is 1.34. The Morgan fingerprint density at radius 1 is 0.936 bits per heavy atom. The van der Waals surface area contributed by atoms with Gasteiger partial charge in [0.05, 0.1) is 25.2 Å². The Kier molecular flexibility index (Phi) is 10.2. The second kappa shape index (κ2) is 13.6. The molecule has 258 valence electrons. The summed E-state index contributed by atoms with van der Waals surface area (Å²) in [4.78, 5) is 31.9. The first-order valence-electron chi connectivity index (χ1n) is 16.7. The molecule has 2 aromatic carbocycles. The predicted molar refractivity (Wildman–Crippen MR) is 172 cm³/mol. The van der Waals surface area contributed by atoms with E-state index in [0.29, 0.717) is 76.5 Å². The highest BCUT2D eigenvalue weighted by molar-refractivity contribution is 5.87. The largest absolute Gasteiger partial charge is 0.497 e. The van der Waals surface area contributed by atoms with Crippen LogP contribution in [0.1, 0.15) is 81.9 Å². The van der Waals surface area contributed by atoms with Gasteiger partial charge >= 0.3 is 12.1 Å².